The van der Waals surface area contributed by atoms with Crippen molar-refractivity contribution in [1.29, 1.82) is 0 Å². The molecule has 0 amide bonds. The quantitative estimate of drug-likeness (QED) is 0.841. The van der Waals surface area contributed by atoms with E-state index in [4.69, 9.17) is 0 Å². The first-order valence-corrected chi connectivity index (χ1v) is 8.60. The number of aromatic hydroxyl groups is 1. The Morgan fingerprint density at radius 3 is 2.42 bits per heavy atom. The summed E-state index contributed by atoms with van der Waals surface area (Å²) < 4.78 is 27.4. The molecular weight excluding hydrogens is 308 g/mol. The summed E-state index contributed by atoms with van der Waals surface area (Å²) in [4.78, 5) is 1.88. The predicted octanol–water partition coefficient (Wildman–Crippen LogP) is 4.91. The highest BCUT2D eigenvalue weighted by atomic mass is 19.1. The fourth-order valence-electron chi connectivity index (χ4n) is 3.47. The molecule has 1 saturated heterocycles. The Kier molecular flexibility index (Phi) is 5.34. The van der Waals surface area contributed by atoms with Crippen LogP contribution in [0.3, 0.4) is 0 Å². The molecule has 0 aliphatic carbocycles. The third-order valence-corrected chi connectivity index (χ3v) is 4.89. The third-order valence-electron chi connectivity index (χ3n) is 4.89. The van der Waals surface area contributed by atoms with Crippen LogP contribution in [0.1, 0.15) is 31.2 Å². The van der Waals surface area contributed by atoms with Gasteiger partial charge in [0, 0.05) is 25.2 Å². The molecule has 2 aromatic rings. The molecule has 1 N–H and O–H groups in total. The van der Waals surface area contributed by atoms with Crippen molar-refractivity contribution in [3.63, 3.8) is 0 Å². The number of benzene rings is 2. The molecule has 0 saturated carbocycles. The molecule has 1 aliphatic rings. The summed E-state index contributed by atoms with van der Waals surface area (Å²) in [5.41, 5.74) is 1.63. The van der Waals surface area contributed by atoms with Crippen LogP contribution in [0.4, 0.5) is 14.5 Å². The molecular formula is C20H23F2NO. The van der Waals surface area contributed by atoms with E-state index in [1.165, 1.54) is 12.0 Å². The lowest BCUT2D eigenvalue weighted by Gasteiger charge is -2.34. The van der Waals surface area contributed by atoms with Gasteiger partial charge < -0.3 is 10.0 Å². The van der Waals surface area contributed by atoms with Crippen LogP contribution in [0.15, 0.2) is 42.5 Å². The second-order valence-electron chi connectivity index (χ2n) is 6.56. The first-order chi connectivity index (χ1) is 11.6. The zero-order valence-corrected chi connectivity index (χ0v) is 13.7. The van der Waals surface area contributed by atoms with Crippen molar-refractivity contribution in [3.8, 4) is 5.75 Å². The van der Waals surface area contributed by atoms with Crippen LogP contribution in [0.2, 0.25) is 0 Å². The number of hydrogen-bond acceptors (Lipinski definition) is 2. The number of anilines is 1. The van der Waals surface area contributed by atoms with Crippen LogP contribution in [0.5, 0.6) is 5.75 Å². The monoisotopic (exact) mass is 331 g/mol. The first-order valence-electron chi connectivity index (χ1n) is 8.60. The van der Waals surface area contributed by atoms with Crippen molar-refractivity contribution in [2.75, 3.05) is 18.0 Å². The van der Waals surface area contributed by atoms with Gasteiger partial charge in [-0.3, -0.25) is 0 Å². The van der Waals surface area contributed by atoms with Crippen LogP contribution in [-0.2, 0) is 6.42 Å². The molecule has 0 radical (unpaired) electrons. The zero-order valence-electron chi connectivity index (χ0n) is 13.7. The fraction of sp³-hybridized carbons (Fsp3) is 0.400. The lowest BCUT2D eigenvalue weighted by atomic mass is 9.90. The van der Waals surface area contributed by atoms with Crippen molar-refractivity contribution < 1.29 is 13.9 Å². The largest absolute Gasteiger partial charge is 0.505 e. The van der Waals surface area contributed by atoms with Gasteiger partial charge in [0.15, 0.2) is 11.6 Å². The SMILES string of the molecule is Oc1cc(F)c(N2CCC(CCCc3ccccc3)CC2)cc1F. The molecule has 0 spiro atoms. The Morgan fingerprint density at radius 2 is 1.71 bits per heavy atom. The normalized spacial score (nSPS) is 15.7. The highest BCUT2D eigenvalue weighted by Crippen LogP contribution is 2.31. The minimum Gasteiger partial charge on any atom is -0.505 e. The van der Waals surface area contributed by atoms with E-state index < -0.39 is 17.4 Å². The average molecular weight is 331 g/mol. The van der Waals surface area contributed by atoms with Gasteiger partial charge in [0.2, 0.25) is 0 Å². The number of nitrogens with zero attached hydrogens (tertiary/aromatic N) is 1. The highest BCUT2D eigenvalue weighted by Gasteiger charge is 2.22. The Morgan fingerprint density at radius 1 is 1.00 bits per heavy atom. The second-order valence-corrected chi connectivity index (χ2v) is 6.56. The summed E-state index contributed by atoms with van der Waals surface area (Å²) in [6, 6.07) is 12.4. The number of phenols is 1. The van der Waals surface area contributed by atoms with Gasteiger partial charge in [-0.2, -0.15) is 0 Å². The number of halogens is 2. The molecule has 4 heteroatoms. The van der Waals surface area contributed by atoms with Crippen molar-refractivity contribution in [2.45, 2.75) is 32.1 Å². The second kappa shape index (κ2) is 7.65. The van der Waals surface area contributed by atoms with E-state index in [-0.39, 0.29) is 5.69 Å². The van der Waals surface area contributed by atoms with Gasteiger partial charge in [0.25, 0.3) is 0 Å². The molecule has 1 aliphatic heterocycles. The third kappa shape index (κ3) is 4.05. The molecule has 2 aromatic carbocycles. The number of phenolic OH excluding ortho intramolecular Hbond substituents is 1. The first kappa shape index (κ1) is 16.7. The number of rotatable bonds is 5. The van der Waals surface area contributed by atoms with Gasteiger partial charge in [0.1, 0.15) is 5.82 Å². The van der Waals surface area contributed by atoms with Crippen LogP contribution < -0.4 is 4.90 Å². The summed E-state index contributed by atoms with van der Waals surface area (Å²) in [5.74, 6) is -1.31. The van der Waals surface area contributed by atoms with Crippen molar-refractivity contribution in [3.05, 3.63) is 59.7 Å². The molecule has 1 fully saturated rings. The van der Waals surface area contributed by atoms with Gasteiger partial charge in [-0.25, -0.2) is 8.78 Å². The van der Waals surface area contributed by atoms with Crippen LogP contribution in [0, 0.1) is 17.6 Å². The Bertz CT molecular complexity index is 667. The lowest BCUT2D eigenvalue weighted by molar-refractivity contribution is 0.370. The highest BCUT2D eigenvalue weighted by molar-refractivity contribution is 5.51. The maximum absolute atomic E-state index is 13.9. The van der Waals surface area contributed by atoms with Gasteiger partial charge >= 0.3 is 0 Å². The van der Waals surface area contributed by atoms with Crippen LogP contribution >= 0.6 is 0 Å². The molecule has 24 heavy (non-hydrogen) atoms. The van der Waals surface area contributed by atoms with E-state index in [1.807, 2.05) is 11.0 Å². The maximum atomic E-state index is 13.9. The fourth-order valence-corrected chi connectivity index (χ4v) is 3.47. The Hall–Kier alpha value is -2.10. The summed E-state index contributed by atoms with van der Waals surface area (Å²) in [7, 11) is 0. The Balaban J connectivity index is 1.48. The maximum Gasteiger partial charge on any atom is 0.167 e. The van der Waals surface area contributed by atoms with Crippen molar-refractivity contribution in [2.24, 2.45) is 5.92 Å². The van der Waals surface area contributed by atoms with Gasteiger partial charge in [0.05, 0.1) is 5.69 Å². The number of piperidine rings is 1. The summed E-state index contributed by atoms with van der Waals surface area (Å²) in [5, 5.41) is 9.22. The van der Waals surface area contributed by atoms with Gasteiger partial charge in [-0.15, -0.1) is 0 Å². The van der Waals surface area contributed by atoms with E-state index in [9.17, 15) is 13.9 Å². The van der Waals surface area contributed by atoms with E-state index in [0.29, 0.717) is 5.92 Å². The van der Waals surface area contributed by atoms with Crippen LogP contribution in [0.25, 0.3) is 0 Å². The van der Waals surface area contributed by atoms with Crippen molar-refractivity contribution in [1.82, 2.24) is 0 Å². The summed E-state index contributed by atoms with van der Waals surface area (Å²) >= 11 is 0. The number of aryl methyl sites for hydroxylation is 1. The molecule has 0 unspecified atom stereocenters. The molecule has 0 bridgehead atoms. The predicted molar refractivity (Wildman–Crippen MR) is 92.3 cm³/mol. The van der Waals surface area contributed by atoms with E-state index in [2.05, 4.69) is 24.3 Å². The Labute approximate surface area is 141 Å². The minimum atomic E-state index is -0.767. The van der Waals surface area contributed by atoms with E-state index >= 15 is 0 Å². The molecule has 2 nitrogen and oxygen atoms in total. The van der Waals surface area contributed by atoms with Gasteiger partial charge in [-0.05, 0) is 43.6 Å². The lowest BCUT2D eigenvalue weighted by Crippen LogP contribution is -2.34. The smallest absolute Gasteiger partial charge is 0.167 e. The van der Waals surface area contributed by atoms with Crippen LogP contribution in [-0.4, -0.2) is 18.2 Å². The molecule has 3 rings (SSSR count). The average Bonchev–Trinajstić information content (AvgIpc) is 2.60. The summed E-state index contributed by atoms with van der Waals surface area (Å²) in [6.07, 6.45) is 5.43. The number of hydrogen-bond donors (Lipinski definition) is 1. The summed E-state index contributed by atoms with van der Waals surface area (Å²) in [6.45, 7) is 1.47. The molecule has 0 atom stereocenters. The topological polar surface area (TPSA) is 23.5 Å². The van der Waals surface area contributed by atoms with Gasteiger partial charge in [-0.1, -0.05) is 30.3 Å². The molecule has 0 aromatic heterocycles. The zero-order chi connectivity index (χ0) is 16.9. The molecule has 1 heterocycles. The molecule has 128 valence electrons. The van der Waals surface area contributed by atoms with Crippen molar-refractivity contribution >= 4 is 5.69 Å². The standard InChI is InChI=1S/C20H23F2NO/c21-17-14-20(24)18(22)13-19(17)23-11-9-16(10-12-23)8-4-7-15-5-2-1-3-6-15/h1-3,5-6,13-14,16,24H,4,7-12H2. The minimum absolute atomic E-state index is 0.257. The van der Waals surface area contributed by atoms with E-state index in [1.54, 1.807) is 0 Å². The van der Waals surface area contributed by atoms with E-state index in [0.717, 1.165) is 50.9 Å².